The number of anilines is 2. The number of hydrogen-bond donors (Lipinski definition) is 1. The van der Waals surface area contributed by atoms with Crippen LogP contribution in [0.3, 0.4) is 0 Å². The third-order valence-corrected chi connectivity index (χ3v) is 3.85. The van der Waals surface area contributed by atoms with Crippen molar-refractivity contribution in [3.8, 4) is 0 Å². The quantitative estimate of drug-likeness (QED) is 0.849. The molecule has 0 aliphatic heterocycles. The zero-order chi connectivity index (χ0) is 14.5. The first-order chi connectivity index (χ1) is 9.58. The number of ether oxygens (including phenoxy) is 1. The number of thiazole rings is 1. The number of hydrogen-bond acceptors (Lipinski definition) is 5. The maximum Gasteiger partial charge on any atom is 0.305 e. The highest BCUT2D eigenvalue weighted by atomic mass is 35.5. The molecule has 0 spiro atoms. The Balaban J connectivity index is 2.02. The van der Waals surface area contributed by atoms with E-state index >= 15 is 0 Å². The second-order valence-corrected chi connectivity index (χ2v) is 5.60. The van der Waals surface area contributed by atoms with Gasteiger partial charge in [0.2, 0.25) is 0 Å². The van der Waals surface area contributed by atoms with Crippen LogP contribution in [-0.2, 0) is 16.0 Å². The van der Waals surface area contributed by atoms with Gasteiger partial charge in [-0.25, -0.2) is 4.98 Å². The van der Waals surface area contributed by atoms with E-state index in [1.54, 1.807) is 0 Å². The summed E-state index contributed by atoms with van der Waals surface area (Å²) in [6, 6.07) is 5.68. The predicted molar refractivity (Wildman–Crippen MR) is 81.9 cm³/mol. The van der Waals surface area contributed by atoms with E-state index in [9.17, 15) is 4.79 Å². The average molecular weight is 311 g/mol. The molecule has 0 atom stereocenters. The number of carbonyl (C=O) groups excluding carboxylic acids is 1. The van der Waals surface area contributed by atoms with E-state index in [-0.39, 0.29) is 5.97 Å². The fourth-order valence-electron chi connectivity index (χ4n) is 1.66. The Morgan fingerprint density at radius 1 is 1.50 bits per heavy atom. The topological polar surface area (TPSA) is 51.2 Å². The molecule has 1 aromatic carbocycles. The maximum atomic E-state index is 11.1. The van der Waals surface area contributed by atoms with Gasteiger partial charge in [0, 0.05) is 22.5 Å². The largest absolute Gasteiger partial charge is 0.469 e. The Kier molecular flexibility index (Phi) is 4.98. The lowest BCUT2D eigenvalue weighted by atomic mass is 10.2. The number of benzene rings is 1. The minimum atomic E-state index is -0.224. The second-order valence-electron chi connectivity index (χ2n) is 4.30. The van der Waals surface area contributed by atoms with Gasteiger partial charge in [-0.15, -0.1) is 11.3 Å². The minimum Gasteiger partial charge on any atom is -0.469 e. The molecule has 20 heavy (non-hydrogen) atoms. The zero-order valence-electron chi connectivity index (χ0n) is 11.3. The van der Waals surface area contributed by atoms with Crippen LogP contribution in [0.5, 0.6) is 0 Å². The first kappa shape index (κ1) is 14.8. The summed E-state index contributed by atoms with van der Waals surface area (Å²) in [5.74, 6) is -0.224. The van der Waals surface area contributed by atoms with Crippen molar-refractivity contribution in [1.29, 1.82) is 0 Å². The van der Waals surface area contributed by atoms with Crippen LogP contribution in [0.4, 0.5) is 10.8 Å². The van der Waals surface area contributed by atoms with Crippen molar-refractivity contribution < 1.29 is 9.53 Å². The minimum absolute atomic E-state index is 0.224. The summed E-state index contributed by atoms with van der Waals surface area (Å²) in [6.07, 6.45) is 0.926. The van der Waals surface area contributed by atoms with Gasteiger partial charge in [0.1, 0.15) is 0 Å². The zero-order valence-corrected chi connectivity index (χ0v) is 12.8. The van der Waals surface area contributed by atoms with E-state index in [1.165, 1.54) is 18.4 Å². The second kappa shape index (κ2) is 6.72. The number of methoxy groups -OCH3 is 1. The number of nitrogens with one attached hydrogen (secondary N) is 1. The van der Waals surface area contributed by atoms with Crippen molar-refractivity contribution in [2.24, 2.45) is 0 Å². The molecule has 6 heteroatoms. The number of rotatable bonds is 5. The van der Waals surface area contributed by atoms with Gasteiger partial charge in [0.15, 0.2) is 5.13 Å². The highest BCUT2D eigenvalue weighted by molar-refractivity contribution is 7.13. The lowest BCUT2D eigenvalue weighted by molar-refractivity contribution is -0.140. The van der Waals surface area contributed by atoms with Gasteiger partial charge >= 0.3 is 5.97 Å². The third kappa shape index (κ3) is 3.95. The van der Waals surface area contributed by atoms with Crippen LogP contribution >= 0.6 is 22.9 Å². The molecule has 0 bridgehead atoms. The SMILES string of the molecule is COC(=O)CCc1csc(Nc2cc(Cl)ccc2C)n1. The molecule has 0 saturated carbocycles. The highest BCUT2D eigenvalue weighted by Crippen LogP contribution is 2.26. The van der Waals surface area contributed by atoms with Crippen LogP contribution in [0, 0.1) is 6.92 Å². The molecule has 0 aliphatic carbocycles. The molecule has 2 aromatic rings. The first-order valence-electron chi connectivity index (χ1n) is 6.13. The fraction of sp³-hybridized carbons (Fsp3) is 0.286. The van der Waals surface area contributed by atoms with Gasteiger partial charge in [0.05, 0.1) is 19.2 Å². The number of carbonyl (C=O) groups is 1. The van der Waals surface area contributed by atoms with Crippen molar-refractivity contribution in [1.82, 2.24) is 4.98 Å². The van der Waals surface area contributed by atoms with Gasteiger partial charge < -0.3 is 10.1 Å². The summed E-state index contributed by atoms with van der Waals surface area (Å²) in [6.45, 7) is 2.00. The summed E-state index contributed by atoms with van der Waals surface area (Å²) in [4.78, 5) is 15.5. The third-order valence-electron chi connectivity index (χ3n) is 2.81. The summed E-state index contributed by atoms with van der Waals surface area (Å²) >= 11 is 7.48. The highest BCUT2D eigenvalue weighted by Gasteiger charge is 2.07. The van der Waals surface area contributed by atoms with Crippen molar-refractivity contribution in [2.45, 2.75) is 19.8 Å². The Morgan fingerprint density at radius 3 is 3.05 bits per heavy atom. The lowest BCUT2D eigenvalue weighted by Gasteiger charge is -2.06. The fourth-order valence-corrected chi connectivity index (χ4v) is 2.58. The van der Waals surface area contributed by atoms with Crippen LogP contribution in [0.1, 0.15) is 17.7 Å². The van der Waals surface area contributed by atoms with Gasteiger partial charge in [-0.05, 0) is 24.6 Å². The van der Waals surface area contributed by atoms with Gasteiger partial charge in [-0.1, -0.05) is 17.7 Å². The normalized spacial score (nSPS) is 10.3. The molecule has 1 aromatic heterocycles. The number of aromatic nitrogens is 1. The van der Waals surface area contributed by atoms with Gasteiger partial charge in [-0.3, -0.25) is 4.79 Å². The van der Waals surface area contributed by atoms with Crippen molar-refractivity contribution in [3.05, 3.63) is 39.9 Å². The average Bonchev–Trinajstić information content (AvgIpc) is 2.88. The molecule has 1 N–H and O–H groups in total. The molecule has 0 fully saturated rings. The van der Waals surface area contributed by atoms with E-state index in [0.717, 1.165) is 22.1 Å². The molecule has 0 unspecified atom stereocenters. The van der Waals surface area contributed by atoms with Gasteiger partial charge in [0.25, 0.3) is 0 Å². The van der Waals surface area contributed by atoms with E-state index in [1.807, 2.05) is 30.5 Å². The van der Waals surface area contributed by atoms with Crippen LogP contribution in [0.25, 0.3) is 0 Å². The van der Waals surface area contributed by atoms with Crippen molar-refractivity contribution in [2.75, 3.05) is 12.4 Å². The molecule has 0 radical (unpaired) electrons. The molecule has 1 heterocycles. The molecule has 0 saturated heterocycles. The lowest BCUT2D eigenvalue weighted by Crippen LogP contribution is -2.02. The number of halogens is 1. The smallest absolute Gasteiger partial charge is 0.305 e. The monoisotopic (exact) mass is 310 g/mol. The van der Waals surface area contributed by atoms with E-state index in [4.69, 9.17) is 11.6 Å². The van der Waals surface area contributed by atoms with E-state index in [0.29, 0.717) is 17.9 Å². The predicted octanol–water partition coefficient (Wildman–Crippen LogP) is 3.95. The first-order valence-corrected chi connectivity index (χ1v) is 7.38. The number of nitrogens with zero attached hydrogens (tertiary/aromatic N) is 1. The van der Waals surface area contributed by atoms with Crippen molar-refractivity contribution >= 4 is 39.7 Å². The Labute approximate surface area is 126 Å². The Hall–Kier alpha value is -1.59. The van der Waals surface area contributed by atoms with Crippen LogP contribution in [0.15, 0.2) is 23.6 Å². The summed E-state index contributed by atoms with van der Waals surface area (Å²) in [5, 5.41) is 6.65. The molecular formula is C14H15ClN2O2S. The van der Waals surface area contributed by atoms with Crippen molar-refractivity contribution in [3.63, 3.8) is 0 Å². The molecule has 4 nitrogen and oxygen atoms in total. The maximum absolute atomic E-state index is 11.1. The standard InChI is InChI=1S/C14H15ClN2O2S/c1-9-3-4-10(15)7-12(9)17-14-16-11(8-20-14)5-6-13(18)19-2/h3-4,7-8H,5-6H2,1-2H3,(H,16,17). The van der Waals surface area contributed by atoms with Crippen LogP contribution < -0.4 is 5.32 Å². The molecular weight excluding hydrogens is 296 g/mol. The van der Waals surface area contributed by atoms with E-state index in [2.05, 4.69) is 15.0 Å². The Bertz CT molecular complexity index is 613. The van der Waals surface area contributed by atoms with Crippen LogP contribution in [-0.4, -0.2) is 18.1 Å². The van der Waals surface area contributed by atoms with Gasteiger partial charge in [-0.2, -0.15) is 0 Å². The molecule has 0 amide bonds. The summed E-state index contributed by atoms with van der Waals surface area (Å²) in [7, 11) is 1.39. The summed E-state index contributed by atoms with van der Waals surface area (Å²) in [5.41, 5.74) is 2.91. The van der Waals surface area contributed by atoms with E-state index < -0.39 is 0 Å². The Morgan fingerprint density at radius 2 is 2.30 bits per heavy atom. The number of aryl methyl sites for hydroxylation is 2. The summed E-state index contributed by atoms with van der Waals surface area (Å²) < 4.78 is 4.61. The molecule has 106 valence electrons. The molecule has 2 rings (SSSR count). The molecule has 0 aliphatic rings. The van der Waals surface area contributed by atoms with Crippen LogP contribution in [0.2, 0.25) is 5.02 Å². The number of esters is 1.